The maximum atomic E-state index is 12.8. The summed E-state index contributed by atoms with van der Waals surface area (Å²) in [5, 5.41) is 7.53. The number of amides is 1. The lowest BCUT2D eigenvalue weighted by Crippen LogP contribution is -2.51. The molecule has 0 unspecified atom stereocenters. The van der Waals surface area contributed by atoms with E-state index in [2.05, 4.69) is 82.3 Å². The van der Waals surface area contributed by atoms with Crippen LogP contribution in [0.4, 0.5) is 23.0 Å². The molecule has 10 nitrogen and oxygen atoms in total. The second kappa shape index (κ2) is 14.9. The van der Waals surface area contributed by atoms with Gasteiger partial charge in [-0.3, -0.25) is 9.69 Å². The number of nitrogens with one attached hydrogen (secondary N) is 2. The van der Waals surface area contributed by atoms with Crippen LogP contribution in [0.15, 0.2) is 35.5 Å². The highest BCUT2D eigenvalue weighted by Gasteiger charge is 2.23. The summed E-state index contributed by atoms with van der Waals surface area (Å²) in [5.41, 5.74) is 2.19. The molecule has 2 aliphatic rings. The number of ether oxygens (including phenoxy) is 1. The van der Waals surface area contributed by atoms with E-state index in [1.165, 1.54) is 17.4 Å². The largest absolute Gasteiger partial charge is 0.378 e. The highest BCUT2D eigenvalue weighted by atomic mass is 32.2. The second-order valence-electron chi connectivity index (χ2n) is 10.8. The molecule has 220 valence electrons. The Bertz CT molecular complexity index is 1060. The van der Waals surface area contributed by atoms with E-state index < -0.39 is 0 Å². The maximum Gasteiger partial charge on any atom is 0.236 e. The number of hydrogen-bond donors (Lipinski definition) is 2. The van der Waals surface area contributed by atoms with Crippen molar-refractivity contribution in [3.63, 3.8) is 0 Å². The van der Waals surface area contributed by atoms with Gasteiger partial charge in [0.05, 0.1) is 19.8 Å². The molecular formula is C29H46N8O2S. The Kier molecular flexibility index (Phi) is 11.3. The van der Waals surface area contributed by atoms with E-state index in [4.69, 9.17) is 9.72 Å². The van der Waals surface area contributed by atoms with Crippen molar-refractivity contribution in [2.24, 2.45) is 0 Å². The van der Waals surface area contributed by atoms with E-state index in [1.807, 2.05) is 17.2 Å². The van der Waals surface area contributed by atoms with Crippen molar-refractivity contribution in [2.45, 2.75) is 44.9 Å². The van der Waals surface area contributed by atoms with Crippen molar-refractivity contribution < 1.29 is 9.53 Å². The van der Waals surface area contributed by atoms with Gasteiger partial charge in [-0.2, -0.15) is 0 Å². The molecule has 4 rings (SSSR count). The van der Waals surface area contributed by atoms with Gasteiger partial charge in [-0.25, -0.2) is 9.97 Å². The Hall–Kier alpha value is -2.60. The fourth-order valence-corrected chi connectivity index (χ4v) is 5.64. The number of benzene rings is 1. The molecule has 2 fully saturated rings. The molecule has 0 radical (unpaired) electrons. The minimum absolute atomic E-state index is 0.163. The van der Waals surface area contributed by atoms with Gasteiger partial charge in [-0.05, 0) is 58.2 Å². The molecule has 1 aromatic carbocycles. The zero-order valence-electron chi connectivity index (χ0n) is 24.7. The Morgan fingerprint density at radius 3 is 2.27 bits per heavy atom. The van der Waals surface area contributed by atoms with Crippen LogP contribution in [0.3, 0.4) is 0 Å². The highest BCUT2D eigenvalue weighted by Crippen LogP contribution is 2.26. The SMILES string of the molecule is CSc1nc(Nc2ccc(N3CCOCC3)cc2)cc(N2CCN(C(=O)CNCCN(C(C)C)C(C)C)CC2)n1. The number of anilines is 4. The third-order valence-electron chi connectivity index (χ3n) is 7.50. The number of hydrogen-bond acceptors (Lipinski definition) is 10. The van der Waals surface area contributed by atoms with Gasteiger partial charge in [0.25, 0.3) is 0 Å². The fraction of sp³-hybridized carbons (Fsp3) is 0.621. The molecule has 2 aliphatic heterocycles. The first kappa shape index (κ1) is 30.4. The number of piperazine rings is 1. The van der Waals surface area contributed by atoms with Gasteiger partial charge < -0.3 is 30.1 Å². The predicted molar refractivity (Wildman–Crippen MR) is 165 cm³/mol. The number of nitrogens with zero attached hydrogens (tertiary/aromatic N) is 6. The Labute approximate surface area is 243 Å². The van der Waals surface area contributed by atoms with Gasteiger partial charge in [0.1, 0.15) is 11.6 Å². The molecule has 40 heavy (non-hydrogen) atoms. The van der Waals surface area contributed by atoms with Crippen LogP contribution in [0.25, 0.3) is 0 Å². The molecule has 0 saturated carbocycles. The van der Waals surface area contributed by atoms with Gasteiger partial charge in [-0.15, -0.1) is 0 Å². The first-order valence-electron chi connectivity index (χ1n) is 14.5. The summed E-state index contributed by atoms with van der Waals surface area (Å²) >= 11 is 1.53. The van der Waals surface area contributed by atoms with Crippen molar-refractivity contribution >= 4 is 40.7 Å². The van der Waals surface area contributed by atoms with Crippen LogP contribution in [-0.2, 0) is 9.53 Å². The van der Waals surface area contributed by atoms with Crippen LogP contribution >= 0.6 is 11.8 Å². The number of thioether (sulfide) groups is 1. The topological polar surface area (TPSA) is 89.1 Å². The van der Waals surface area contributed by atoms with Crippen LogP contribution in [-0.4, -0.2) is 116 Å². The molecule has 2 saturated heterocycles. The molecule has 0 aliphatic carbocycles. The maximum absolute atomic E-state index is 12.8. The Morgan fingerprint density at radius 1 is 0.975 bits per heavy atom. The lowest BCUT2D eigenvalue weighted by Gasteiger charge is -2.35. The first-order valence-corrected chi connectivity index (χ1v) is 15.7. The molecule has 0 atom stereocenters. The predicted octanol–water partition coefficient (Wildman–Crippen LogP) is 3.14. The molecular weight excluding hydrogens is 524 g/mol. The summed E-state index contributed by atoms with van der Waals surface area (Å²) < 4.78 is 5.47. The van der Waals surface area contributed by atoms with E-state index in [-0.39, 0.29) is 5.91 Å². The first-order chi connectivity index (χ1) is 19.3. The van der Waals surface area contributed by atoms with Gasteiger partial charge in [0, 0.05) is 81.9 Å². The van der Waals surface area contributed by atoms with Crippen molar-refractivity contribution in [1.82, 2.24) is 25.1 Å². The third-order valence-corrected chi connectivity index (χ3v) is 8.04. The molecule has 2 N–H and O–H groups in total. The van der Waals surface area contributed by atoms with Crippen LogP contribution < -0.4 is 20.4 Å². The summed E-state index contributed by atoms with van der Waals surface area (Å²) in [4.78, 5) is 31.2. The normalized spacial score (nSPS) is 16.4. The molecule has 11 heteroatoms. The van der Waals surface area contributed by atoms with Crippen LogP contribution in [0, 0.1) is 0 Å². The number of carbonyl (C=O) groups excluding carboxylic acids is 1. The summed E-state index contributed by atoms with van der Waals surface area (Å²) in [7, 11) is 0. The zero-order valence-corrected chi connectivity index (χ0v) is 25.5. The quantitative estimate of drug-likeness (QED) is 0.225. The van der Waals surface area contributed by atoms with Gasteiger partial charge in [0.15, 0.2) is 5.16 Å². The lowest BCUT2D eigenvalue weighted by atomic mass is 10.2. The Balaban J connectivity index is 1.28. The van der Waals surface area contributed by atoms with Crippen molar-refractivity contribution in [3.05, 3.63) is 30.3 Å². The molecule has 2 aromatic rings. The van der Waals surface area contributed by atoms with Crippen molar-refractivity contribution in [2.75, 3.05) is 93.5 Å². The molecule has 0 bridgehead atoms. The van der Waals surface area contributed by atoms with Crippen molar-refractivity contribution in [1.29, 1.82) is 0 Å². The summed E-state index contributed by atoms with van der Waals surface area (Å²) in [5.74, 6) is 1.82. The zero-order chi connectivity index (χ0) is 28.5. The number of aromatic nitrogens is 2. The highest BCUT2D eigenvalue weighted by molar-refractivity contribution is 7.98. The van der Waals surface area contributed by atoms with Gasteiger partial charge in [0.2, 0.25) is 5.91 Å². The lowest BCUT2D eigenvalue weighted by molar-refractivity contribution is -0.130. The minimum Gasteiger partial charge on any atom is -0.378 e. The van der Waals surface area contributed by atoms with E-state index in [0.717, 1.165) is 75.0 Å². The second-order valence-corrected chi connectivity index (χ2v) is 11.6. The molecule has 1 amide bonds. The van der Waals surface area contributed by atoms with Gasteiger partial charge in [-0.1, -0.05) is 11.8 Å². The molecule has 1 aromatic heterocycles. The Morgan fingerprint density at radius 2 is 1.65 bits per heavy atom. The van der Waals surface area contributed by atoms with Crippen LogP contribution in [0.5, 0.6) is 0 Å². The standard InChI is InChI=1S/C29H46N8O2S/c1-22(2)37(23(3)4)11-10-30-21-28(38)36-14-12-35(13-15-36)27-20-26(32-29(33-27)40-5)31-24-6-8-25(9-7-24)34-16-18-39-19-17-34/h6-9,20,22-23,30H,10-19,21H2,1-5H3,(H,31,32,33). The van der Waals surface area contributed by atoms with Crippen LogP contribution in [0.1, 0.15) is 27.7 Å². The average molecular weight is 571 g/mol. The van der Waals surface area contributed by atoms with Crippen LogP contribution in [0.2, 0.25) is 0 Å². The van der Waals surface area contributed by atoms with E-state index in [1.54, 1.807) is 0 Å². The monoisotopic (exact) mass is 570 g/mol. The average Bonchev–Trinajstić information content (AvgIpc) is 2.97. The summed E-state index contributed by atoms with van der Waals surface area (Å²) in [6, 6.07) is 11.5. The number of morpholine rings is 1. The number of carbonyl (C=O) groups is 1. The summed E-state index contributed by atoms with van der Waals surface area (Å²) in [6.45, 7) is 17.3. The van der Waals surface area contributed by atoms with E-state index >= 15 is 0 Å². The van der Waals surface area contributed by atoms with Gasteiger partial charge >= 0.3 is 0 Å². The van der Waals surface area contributed by atoms with E-state index in [0.29, 0.717) is 31.7 Å². The minimum atomic E-state index is 0.163. The van der Waals surface area contributed by atoms with Crippen molar-refractivity contribution in [3.8, 4) is 0 Å². The summed E-state index contributed by atoms with van der Waals surface area (Å²) in [6.07, 6.45) is 1.99. The molecule has 0 spiro atoms. The molecule has 3 heterocycles. The third kappa shape index (κ3) is 8.45. The number of rotatable bonds is 12. The fourth-order valence-electron chi connectivity index (χ4n) is 5.27. The van der Waals surface area contributed by atoms with E-state index in [9.17, 15) is 4.79 Å². The smallest absolute Gasteiger partial charge is 0.236 e.